The van der Waals surface area contributed by atoms with Gasteiger partial charge in [-0.1, -0.05) is 29.8 Å². The number of nitrogens with two attached hydrogens (primary N) is 1. The first kappa shape index (κ1) is 14.1. The van der Waals surface area contributed by atoms with Crippen LogP contribution < -0.4 is 16.0 Å². The molecule has 0 spiro atoms. The van der Waals surface area contributed by atoms with Gasteiger partial charge in [-0.05, 0) is 36.8 Å². The van der Waals surface area contributed by atoms with Gasteiger partial charge in [0.05, 0.1) is 0 Å². The Labute approximate surface area is 119 Å². The van der Waals surface area contributed by atoms with Gasteiger partial charge in [-0.15, -0.1) is 0 Å². The first-order chi connectivity index (χ1) is 9.60. The molecule has 2 rings (SSSR count). The van der Waals surface area contributed by atoms with Crippen molar-refractivity contribution in [1.82, 2.24) is 0 Å². The normalized spacial score (nSPS) is 10.2. The van der Waals surface area contributed by atoms with Gasteiger partial charge in [0.15, 0.2) is 0 Å². The molecule has 0 aliphatic heterocycles. The highest BCUT2D eigenvalue weighted by atomic mass is 16.2. The fraction of sp³-hybridized carbons (Fsp3) is 0.188. The van der Waals surface area contributed by atoms with Crippen molar-refractivity contribution in [2.75, 3.05) is 17.3 Å². The van der Waals surface area contributed by atoms with Gasteiger partial charge in [-0.3, -0.25) is 4.90 Å². The van der Waals surface area contributed by atoms with Crippen molar-refractivity contribution >= 4 is 17.4 Å². The Balaban J connectivity index is 2.09. The fourth-order valence-electron chi connectivity index (χ4n) is 1.85. The number of urea groups is 1. The van der Waals surface area contributed by atoms with Gasteiger partial charge < -0.3 is 11.1 Å². The lowest BCUT2D eigenvalue weighted by atomic mass is 10.2. The van der Waals surface area contributed by atoms with Crippen LogP contribution in [0.5, 0.6) is 0 Å². The first-order valence-electron chi connectivity index (χ1n) is 6.50. The predicted octanol–water partition coefficient (Wildman–Crippen LogP) is 3.12. The molecule has 2 aromatic carbocycles. The summed E-state index contributed by atoms with van der Waals surface area (Å²) in [5.41, 5.74) is 9.37. The van der Waals surface area contributed by atoms with Crippen LogP contribution in [-0.4, -0.2) is 13.1 Å². The van der Waals surface area contributed by atoms with E-state index in [0.717, 1.165) is 22.5 Å². The molecule has 0 aliphatic rings. The molecule has 0 saturated heterocycles. The van der Waals surface area contributed by atoms with Crippen LogP contribution in [0.4, 0.5) is 16.2 Å². The van der Waals surface area contributed by atoms with E-state index in [4.69, 9.17) is 5.73 Å². The summed E-state index contributed by atoms with van der Waals surface area (Å²) in [6.07, 6.45) is 0. The lowest BCUT2D eigenvalue weighted by molar-refractivity contribution is 0.258. The lowest BCUT2D eigenvalue weighted by Gasteiger charge is -2.18. The predicted molar refractivity (Wildman–Crippen MR) is 82.9 cm³/mol. The summed E-state index contributed by atoms with van der Waals surface area (Å²) in [5.74, 6) is 0. The molecule has 0 radical (unpaired) electrons. The van der Waals surface area contributed by atoms with E-state index in [2.05, 4.69) is 5.32 Å². The number of nitrogens with one attached hydrogen (secondary N) is 1. The second-order valence-corrected chi connectivity index (χ2v) is 4.73. The van der Waals surface area contributed by atoms with E-state index in [1.807, 2.05) is 55.5 Å². The largest absolute Gasteiger partial charge is 0.326 e. The van der Waals surface area contributed by atoms with E-state index in [1.165, 1.54) is 0 Å². The van der Waals surface area contributed by atoms with Crippen LogP contribution in [0.25, 0.3) is 0 Å². The minimum atomic E-state index is -0.178. The maximum absolute atomic E-state index is 12.2. The average molecular weight is 269 g/mol. The molecule has 4 heteroatoms. The monoisotopic (exact) mass is 269 g/mol. The van der Waals surface area contributed by atoms with E-state index in [9.17, 15) is 4.79 Å². The SMILES string of the molecule is Cc1ccc(NC(=O)N(C)c2cccc(CN)c2)cc1. The molecule has 0 unspecified atom stereocenters. The number of hydrogen-bond acceptors (Lipinski definition) is 2. The third-order valence-electron chi connectivity index (χ3n) is 3.14. The summed E-state index contributed by atoms with van der Waals surface area (Å²) in [6, 6.07) is 15.2. The molecule has 0 atom stereocenters. The van der Waals surface area contributed by atoms with E-state index in [0.29, 0.717) is 6.54 Å². The molecule has 4 nitrogen and oxygen atoms in total. The number of benzene rings is 2. The number of carbonyl (C=O) groups is 1. The number of carbonyl (C=O) groups excluding carboxylic acids is 1. The van der Waals surface area contributed by atoms with Crippen LogP contribution in [0, 0.1) is 6.92 Å². The molecule has 104 valence electrons. The molecule has 20 heavy (non-hydrogen) atoms. The van der Waals surface area contributed by atoms with Crippen LogP contribution >= 0.6 is 0 Å². The molecule has 2 amide bonds. The molecule has 0 bridgehead atoms. The Bertz CT molecular complexity index is 593. The molecular formula is C16H19N3O. The van der Waals surface area contributed by atoms with Gasteiger partial charge in [0.25, 0.3) is 0 Å². The van der Waals surface area contributed by atoms with Gasteiger partial charge in [-0.2, -0.15) is 0 Å². The van der Waals surface area contributed by atoms with E-state index >= 15 is 0 Å². The van der Waals surface area contributed by atoms with E-state index in [-0.39, 0.29) is 6.03 Å². The van der Waals surface area contributed by atoms with E-state index in [1.54, 1.807) is 11.9 Å². The van der Waals surface area contributed by atoms with Gasteiger partial charge in [0.1, 0.15) is 0 Å². The third kappa shape index (κ3) is 3.36. The average Bonchev–Trinajstić information content (AvgIpc) is 2.48. The second kappa shape index (κ2) is 6.21. The summed E-state index contributed by atoms with van der Waals surface area (Å²) >= 11 is 0. The summed E-state index contributed by atoms with van der Waals surface area (Å²) in [6.45, 7) is 2.47. The van der Waals surface area contributed by atoms with Crippen LogP contribution in [0.1, 0.15) is 11.1 Å². The summed E-state index contributed by atoms with van der Waals surface area (Å²) in [5, 5.41) is 2.86. The number of amides is 2. The summed E-state index contributed by atoms with van der Waals surface area (Å²) < 4.78 is 0. The van der Waals surface area contributed by atoms with Gasteiger partial charge in [0, 0.05) is 25.0 Å². The number of aryl methyl sites for hydroxylation is 1. The molecule has 0 aliphatic carbocycles. The van der Waals surface area contributed by atoms with Gasteiger partial charge >= 0.3 is 6.03 Å². The summed E-state index contributed by atoms with van der Waals surface area (Å²) in [7, 11) is 1.74. The maximum atomic E-state index is 12.2. The number of nitrogens with zero attached hydrogens (tertiary/aromatic N) is 1. The Kier molecular flexibility index (Phi) is 4.38. The zero-order valence-electron chi connectivity index (χ0n) is 11.8. The Morgan fingerprint density at radius 3 is 2.55 bits per heavy atom. The molecule has 0 heterocycles. The Morgan fingerprint density at radius 1 is 1.20 bits per heavy atom. The smallest absolute Gasteiger partial charge is 0.326 e. The standard InChI is InChI=1S/C16H19N3O/c1-12-6-8-14(9-7-12)18-16(20)19(2)15-5-3-4-13(10-15)11-17/h3-10H,11,17H2,1-2H3,(H,18,20). The topological polar surface area (TPSA) is 58.4 Å². The second-order valence-electron chi connectivity index (χ2n) is 4.73. The van der Waals surface area contributed by atoms with Gasteiger partial charge in [-0.25, -0.2) is 4.79 Å². The van der Waals surface area contributed by atoms with Crippen LogP contribution in [-0.2, 0) is 6.54 Å². The first-order valence-corrected chi connectivity index (χ1v) is 6.50. The van der Waals surface area contributed by atoms with Crippen LogP contribution in [0.2, 0.25) is 0 Å². The van der Waals surface area contributed by atoms with Crippen LogP contribution in [0.3, 0.4) is 0 Å². The molecule has 0 saturated carbocycles. The molecule has 2 aromatic rings. The van der Waals surface area contributed by atoms with Crippen molar-refractivity contribution < 1.29 is 4.79 Å². The Morgan fingerprint density at radius 2 is 1.90 bits per heavy atom. The third-order valence-corrected chi connectivity index (χ3v) is 3.14. The number of rotatable bonds is 3. The lowest BCUT2D eigenvalue weighted by Crippen LogP contribution is -2.31. The highest BCUT2D eigenvalue weighted by Crippen LogP contribution is 2.16. The quantitative estimate of drug-likeness (QED) is 0.899. The maximum Gasteiger partial charge on any atom is 0.326 e. The zero-order valence-corrected chi connectivity index (χ0v) is 11.8. The number of anilines is 2. The molecule has 0 aromatic heterocycles. The van der Waals surface area contributed by atoms with Crippen molar-refractivity contribution in [2.24, 2.45) is 5.73 Å². The number of hydrogen-bond donors (Lipinski definition) is 2. The highest BCUT2D eigenvalue weighted by Gasteiger charge is 2.11. The minimum Gasteiger partial charge on any atom is -0.326 e. The Hall–Kier alpha value is -2.33. The zero-order chi connectivity index (χ0) is 14.5. The summed E-state index contributed by atoms with van der Waals surface area (Å²) in [4.78, 5) is 13.7. The van der Waals surface area contributed by atoms with Crippen molar-refractivity contribution in [1.29, 1.82) is 0 Å². The minimum absolute atomic E-state index is 0.178. The fourth-order valence-corrected chi connectivity index (χ4v) is 1.85. The molecular weight excluding hydrogens is 250 g/mol. The van der Waals surface area contributed by atoms with Crippen LogP contribution in [0.15, 0.2) is 48.5 Å². The van der Waals surface area contributed by atoms with Gasteiger partial charge in [0.2, 0.25) is 0 Å². The molecule has 0 fully saturated rings. The highest BCUT2D eigenvalue weighted by molar-refractivity contribution is 6.01. The van der Waals surface area contributed by atoms with E-state index < -0.39 is 0 Å². The van der Waals surface area contributed by atoms with Crippen molar-refractivity contribution in [3.8, 4) is 0 Å². The van der Waals surface area contributed by atoms with Crippen molar-refractivity contribution in [3.05, 3.63) is 59.7 Å². The van der Waals surface area contributed by atoms with Crippen molar-refractivity contribution in [3.63, 3.8) is 0 Å². The molecule has 3 N–H and O–H groups in total. The van der Waals surface area contributed by atoms with Crippen molar-refractivity contribution in [2.45, 2.75) is 13.5 Å².